The van der Waals surface area contributed by atoms with Crippen LogP contribution in [0.2, 0.25) is 5.02 Å². The summed E-state index contributed by atoms with van der Waals surface area (Å²) < 4.78 is 6.83. The van der Waals surface area contributed by atoms with Gasteiger partial charge >= 0.3 is 0 Å². The molecule has 3 heterocycles. The summed E-state index contributed by atoms with van der Waals surface area (Å²) in [4.78, 5) is 13.1. The molecular formula is C20H18ClN7O. The monoisotopic (exact) mass is 407 g/mol. The van der Waals surface area contributed by atoms with Crippen LogP contribution in [-0.2, 0) is 17.9 Å². The highest BCUT2D eigenvalue weighted by molar-refractivity contribution is 6.30. The molecule has 4 aromatic rings. The number of ether oxygens (including phenoxy) is 1. The first-order chi connectivity index (χ1) is 14.1. The van der Waals surface area contributed by atoms with Gasteiger partial charge in [0.15, 0.2) is 0 Å². The van der Waals surface area contributed by atoms with E-state index in [1.165, 1.54) is 0 Å². The van der Waals surface area contributed by atoms with E-state index in [1.807, 2.05) is 42.5 Å². The van der Waals surface area contributed by atoms with Crippen molar-refractivity contribution in [3.05, 3.63) is 71.1 Å². The van der Waals surface area contributed by atoms with E-state index in [9.17, 15) is 0 Å². The molecule has 0 aliphatic heterocycles. The van der Waals surface area contributed by atoms with Gasteiger partial charge in [-0.15, -0.1) is 5.10 Å². The normalized spacial score (nSPS) is 11.0. The third-order valence-electron chi connectivity index (χ3n) is 4.15. The van der Waals surface area contributed by atoms with Crippen LogP contribution >= 0.6 is 11.6 Å². The Morgan fingerprint density at radius 1 is 0.966 bits per heavy atom. The molecule has 0 aliphatic carbocycles. The van der Waals surface area contributed by atoms with Gasteiger partial charge in [0.05, 0.1) is 42.1 Å². The Balaban J connectivity index is 1.60. The highest BCUT2D eigenvalue weighted by Crippen LogP contribution is 2.25. The van der Waals surface area contributed by atoms with Crippen LogP contribution in [0.1, 0.15) is 11.4 Å². The number of hydrogen-bond donors (Lipinski definition) is 1. The van der Waals surface area contributed by atoms with Crippen LogP contribution < -0.4 is 5.73 Å². The van der Waals surface area contributed by atoms with Gasteiger partial charge in [-0.05, 0) is 30.3 Å². The van der Waals surface area contributed by atoms with Gasteiger partial charge in [0.25, 0.3) is 0 Å². The molecule has 9 heteroatoms. The fourth-order valence-electron chi connectivity index (χ4n) is 2.90. The largest absolute Gasteiger partial charge is 0.378 e. The van der Waals surface area contributed by atoms with Crippen molar-refractivity contribution in [2.45, 2.75) is 13.2 Å². The van der Waals surface area contributed by atoms with Crippen molar-refractivity contribution in [1.82, 2.24) is 29.9 Å². The van der Waals surface area contributed by atoms with Crippen LogP contribution in [0, 0.1) is 0 Å². The van der Waals surface area contributed by atoms with Gasteiger partial charge in [0.1, 0.15) is 5.69 Å². The highest BCUT2D eigenvalue weighted by Gasteiger charge is 2.11. The molecule has 2 N–H and O–H groups in total. The second kappa shape index (κ2) is 8.34. The van der Waals surface area contributed by atoms with Gasteiger partial charge in [-0.1, -0.05) is 35.0 Å². The number of rotatable bonds is 6. The standard InChI is InChI=1S/C20H18ClN7O/c1-29-12-16-7-3-6-15(23-16)10-28-11-19(26-27-28)18-9-17(24-20(22)25-18)13-4-2-5-14(21)8-13/h2-9,11H,10,12H2,1H3,(H2,22,24,25). The Morgan fingerprint density at radius 2 is 1.76 bits per heavy atom. The van der Waals surface area contributed by atoms with Gasteiger partial charge in [-0.3, -0.25) is 4.98 Å². The average Bonchev–Trinajstić information content (AvgIpc) is 3.17. The smallest absolute Gasteiger partial charge is 0.221 e. The number of methoxy groups -OCH3 is 1. The van der Waals surface area contributed by atoms with Gasteiger partial charge in [0, 0.05) is 17.7 Å². The third kappa shape index (κ3) is 4.56. The first kappa shape index (κ1) is 19.0. The predicted molar refractivity (Wildman–Crippen MR) is 110 cm³/mol. The lowest BCUT2D eigenvalue weighted by molar-refractivity contribution is 0.181. The number of hydrogen-bond acceptors (Lipinski definition) is 7. The van der Waals surface area contributed by atoms with E-state index in [0.717, 1.165) is 17.0 Å². The van der Waals surface area contributed by atoms with Crippen molar-refractivity contribution >= 4 is 17.5 Å². The van der Waals surface area contributed by atoms with Crippen molar-refractivity contribution in [3.8, 4) is 22.6 Å². The number of anilines is 1. The zero-order valence-corrected chi connectivity index (χ0v) is 16.4. The molecule has 0 amide bonds. The molecule has 4 rings (SSSR count). The fourth-order valence-corrected chi connectivity index (χ4v) is 3.09. The maximum Gasteiger partial charge on any atom is 0.221 e. The number of aromatic nitrogens is 6. The summed E-state index contributed by atoms with van der Waals surface area (Å²) in [5.74, 6) is 0.154. The van der Waals surface area contributed by atoms with Crippen LogP contribution in [0.3, 0.4) is 0 Å². The zero-order valence-electron chi connectivity index (χ0n) is 15.7. The zero-order chi connectivity index (χ0) is 20.2. The Labute approximate surface area is 172 Å². The molecule has 0 unspecified atom stereocenters. The molecule has 1 aromatic carbocycles. The SMILES string of the molecule is COCc1cccc(Cn2cc(-c3cc(-c4cccc(Cl)c4)nc(N)n3)nn2)n1. The fraction of sp³-hybridized carbons (Fsp3) is 0.150. The number of halogens is 1. The molecule has 0 radical (unpaired) electrons. The van der Waals surface area contributed by atoms with Crippen LogP contribution in [0.5, 0.6) is 0 Å². The molecular weight excluding hydrogens is 390 g/mol. The summed E-state index contributed by atoms with van der Waals surface area (Å²) in [6.45, 7) is 0.940. The van der Waals surface area contributed by atoms with E-state index in [2.05, 4.69) is 25.3 Å². The summed E-state index contributed by atoms with van der Waals surface area (Å²) in [6.07, 6.45) is 1.80. The van der Waals surface area contributed by atoms with Gasteiger partial charge < -0.3 is 10.5 Å². The topological polar surface area (TPSA) is 105 Å². The predicted octanol–water partition coefficient (Wildman–Crippen LogP) is 3.23. The quantitative estimate of drug-likeness (QED) is 0.523. The molecule has 0 atom stereocenters. The Kier molecular flexibility index (Phi) is 5.46. The van der Waals surface area contributed by atoms with Crippen molar-refractivity contribution in [2.75, 3.05) is 12.8 Å². The minimum absolute atomic E-state index is 0.154. The van der Waals surface area contributed by atoms with Gasteiger partial charge in [0.2, 0.25) is 5.95 Å². The molecule has 29 heavy (non-hydrogen) atoms. The molecule has 0 saturated carbocycles. The van der Waals surface area contributed by atoms with Gasteiger partial charge in [-0.25, -0.2) is 14.6 Å². The molecule has 3 aromatic heterocycles. The Morgan fingerprint density at radius 3 is 2.59 bits per heavy atom. The minimum Gasteiger partial charge on any atom is -0.378 e. The second-order valence-corrected chi connectivity index (χ2v) is 6.80. The number of nitrogen functional groups attached to an aromatic ring is 1. The number of benzene rings is 1. The average molecular weight is 408 g/mol. The molecule has 0 bridgehead atoms. The van der Waals surface area contributed by atoms with E-state index >= 15 is 0 Å². The maximum atomic E-state index is 6.09. The van der Waals surface area contributed by atoms with Crippen LogP contribution in [-0.4, -0.2) is 37.1 Å². The summed E-state index contributed by atoms with van der Waals surface area (Å²) >= 11 is 6.09. The number of nitrogens with zero attached hydrogens (tertiary/aromatic N) is 6. The summed E-state index contributed by atoms with van der Waals surface area (Å²) in [6, 6.07) is 15.0. The van der Waals surface area contributed by atoms with E-state index in [1.54, 1.807) is 24.1 Å². The van der Waals surface area contributed by atoms with E-state index < -0.39 is 0 Å². The van der Waals surface area contributed by atoms with Crippen LogP contribution in [0.15, 0.2) is 54.7 Å². The van der Waals surface area contributed by atoms with E-state index in [0.29, 0.717) is 35.3 Å². The Hall–Kier alpha value is -3.36. The third-order valence-corrected chi connectivity index (χ3v) is 4.38. The lowest BCUT2D eigenvalue weighted by Gasteiger charge is -2.05. The summed E-state index contributed by atoms with van der Waals surface area (Å²) in [5, 5.41) is 9.03. The first-order valence-electron chi connectivity index (χ1n) is 8.85. The summed E-state index contributed by atoms with van der Waals surface area (Å²) in [5.41, 5.74) is 10.3. The lowest BCUT2D eigenvalue weighted by Crippen LogP contribution is -2.04. The lowest BCUT2D eigenvalue weighted by atomic mass is 10.1. The van der Waals surface area contributed by atoms with E-state index in [-0.39, 0.29) is 5.95 Å². The first-order valence-corrected chi connectivity index (χ1v) is 9.23. The van der Waals surface area contributed by atoms with Crippen molar-refractivity contribution in [3.63, 3.8) is 0 Å². The van der Waals surface area contributed by atoms with Gasteiger partial charge in [-0.2, -0.15) is 0 Å². The van der Waals surface area contributed by atoms with Crippen LogP contribution in [0.25, 0.3) is 22.6 Å². The molecule has 146 valence electrons. The molecule has 8 nitrogen and oxygen atoms in total. The van der Waals surface area contributed by atoms with Crippen LogP contribution in [0.4, 0.5) is 5.95 Å². The number of pyridine rings is 1. The molecule has 0 aliphatic rings. The number of nitrogens with two attached hydrogens (primary N) is 1. The van der Waals surface area contributed by atoms with Crippen molar-refractivity contribution in [1.29, 1.82) is 0 Å². The highest BCUT2D eigenvalue weighted by atomic mass is 35.5. The minimum atomic E-state index is 0.154. The summed E-state index contributed by atoms with van der Waals surface area (Å²) in [7, 11) is 1.64. The maximum absolute atomic E-state index is 6.09. The van der Waals surface area contributed by atoms with E-state index in [4.69, 9.17) is 22.1 Å². The molecule has 0 saturated heterocycles. The van der Waals surface area contributed by atoms with Crippen molar-refractivity contribution in [2.24, 2.45) is 0 Å². The Bertz CT molecular complexity index is 1150. The molecule has 0 spiro atoms. The second-order valence-electron chi connectivity index (χ2n) is 6.36. The molecule has 0 fully saturated rings. The van der Waals surface area contributed by atoms with Crippen molar-refractivity contribution < 1.29 is 4.74 Å².